The zero-order chi connectivity index (χ0) is 15.6. The van der Waals surface area contributed by atoms with E-state index in [-0.39, 0.29) is 18.6 Å². The summed E-state index contributed by atoms with van der Waals surface area (Å²) in [5.74, 6) is -1.35. The minimum absolute atomic E-state index is 0.0431. The first kappa shape index (κ1) is 15.4. The van der Waals surface area contributed by atoms with Crippen LogP contribution in [0.5, 0.6) is 0 Å². The van der Waals surface area contributed by atoms with Crippen LogP contribution in [0, 0.1) is 32.4 Å². The second kappa shape index (κ2) is 6.17. The van der Waals surface area contributed by atoms with Crippen molar-refractivity contribution in [1.29, 1.82) is 0 Å². The standard InChI is InChI=1S/C18H18F2O/c1-11-4-12(2)18(13(3)5-11)10-17(21)8-14-6-15(19)9-16(20)7-14/h4-7,9H,8,10H2,1-3H3. The Kier molecular flexibility index (Phi) is 4.51. The molecule has 0 aliphatic carbocycles. The van der Waals surface area contributed by atoms with Gasteiger partial charge in [-0.3, -0.25) is 4.79 Å². The van der Waals surface area contributed by atoms with E-state index >= 15 is 0 Å². The van der Waals surface area contributed by atoms with Gasteiger partial charge in [-0.2, -0.15) is 0 Å². The number of halogens is 2. The molecule has 0 bridgehead atoms. The van der Waals surface area contributed by atoms with Crippen molar-refractivity contribution in [1.82, 2.24) is 0 Å². The van der Waals surface area contributed by atoms with Crippen LogP contribution in [-0.4, -0.2) is 5.78 Å². The van der Waals surface area contributed by atoms with Gasteiger partial charge in [0.1, 0.15) is 17.4 Å². The third-order valence-corrected chi connectivity index (χ3v) is 3.54. The maximum Gasteiger partial charge on any atom is 0.141 e. The van der Waals surface area contributed by atoms with Crippen molar-refractivity contribution in [2.24, 2.45) is 0 Å². The first-order chi connectivity index (χ1) is 9.85. The number of carbonyl (C=O) groups excluding carboxylic acids is 1. The number of Topliss-reactive ketones (excluding diaryl/α,β-unsaturated/α-hetero) is 1. The van der Waals surface area contributed by atoms with Crippen LogP contribution in [0.4, 0.5) is 8.78 Å². The Morgan fingerprint density at radius 1 is 0.857 bits per heavy atom. The number of benzene rings is 2. The summed E-state index contributed by atoms with van der Waals surface area (Å²) in [6, 6.07) is 7.29. The minimum atomic E-state index is -0.652. The Morgan fingerprint density at radius 3 is 1.90 bits per heavy atom. The van der Waals surface area contributed by atoms with Gasteiger partial charge in [0, 0.05) is 18.9 Å². The number of aryl methyl sites for hydroxylation is 3. The fraction of sp³-hybridized carbons (Fsp3) is 0.278. The highest BCUT2D eigenvalue weighted by Gasteiger charge is 2.11. The molecule has 3 heteroatoms. The van der Waals surface area contributed by atoms with Crippen LogP contribution in [0.25, 0.3) is 0 Å². The van der Waals surface area contributed by atoms with E-state index in [0.717, 1.165) is 28.3 Å². The van der Waals surface area contributed by atoms with E-state index in [9.17, 15) is 13.6 Å². The molecule has 0 heterocycles. The predicted molar refractivity (Wildman–Crippen MR) is 79.4 cm³/mol. The van der Waals surface area contributed by atoms with E-state index in [2.05, 4.69) is 0 Å². The molecule has 0 atom stereocenters. The Bertz CT molecular complexity index is 646. The van der Waals surface area contributed by atoms with Crippen LogP contribution in [0.2, 0.25) is 0 Å². The smallest absolute Gasteiger partial charge is 0.141 e. The van der Waals surface area contributed by atoms with Gasteiger partial charge in [0.15, 0.2) is 0 Å². The summed E-state index contributed by atoms with van der Waals surface area (Å²) < 4.78 is 26.3. The molecule has 21 heavy (non-hydrogen) atoms. The fourth-order valence-electron chi connectivity index (χ4n) is 2.69. The maximum absolute atomic E-state index is 13.1. The second-order valence-electron chi connectivity index (χ2n) is 5.55. The van der Waals surface area contributed by atoms with Crippen molar-refractivity contribution >= 4 is 5.78 Å². The van der Waals surface area contributed by atoms with Crippen molar-refractivity contribution < 1.29 is 13.6 Å². The first-order valence-electron chi connectivity index (χ1n) is 6.88. The molecule has 0 unspecified atom stereocenters. The van der Waals surface area contributed by atoms with Gasteiger partial charge in [-0.05, 0) is 55.2 Å². The van der Waals surface area contributed by atoms with E-state index < -0.39 is 11.6 Å². The molecule has 0 amide bonds. The number of rotatable bonds is 4. The summed E-state index contributed by atoms with van der Waals surface area (Å²) in [7, 11) is 0. The van der Waals surface area contributed by atoms with Crippen LogP contribution in [0.3, 0.4) is 0 Å². The van der Waals surface area contributed by atoms with Crippen molar-refractivity contribution in [3.05, 3.63) is 69.8 Å². The molecule has 0 N–H and O–H groups in total. The lowest BCUT2D eigenvalue weighted by atomic mass is 9.94. The predicted octanol–water partition coefficient (Wildman–Crippen LogP) is 4.24. The number of hydrogen-bond donors (Lipinski definition) is 0. The SMILES string of the molecule is Cc1cc(C)c(CC(=O)Cc2cc(F)cc(F)c2)c(C)c1. The number of hydrogen-bond acceptors (Lipinski definition) is 1. The van der Waals surface area contributed by atoms with E-state index in [4.69, 9.17) is 0 Å². The normalized spacial score (nSPS) is 10.7. The molecule has 0 saturated carbocycles. The maximum atomic E-state index is 13.1. The summed E-state index contributed by atoms with van der Waals surface area (Å²) in [5, 5.41) is 0. The molecule has 0 aromatic heterocycles. The van der Waals surface area contributed by atoms with Crippen LogP contribution in [-0.2, 0) is 17.6 Å². The van der Waals surface area contributed by atoms with Crippen molar-refractivity contribution in [3.8, 4) is 0 Å². The van der Waals surface area contributed by atoms with E-state index in [1.54, 1.807) is 0 Å². The van der Waals surface area contributed by atoms with Gasteiger partial charge >= 0.3 is 0 Å². The van der Waals surface area contributed by atoms with Gasteiger partial charge in [0.05, 0.1) is 0 Å². The Labute approximate surface area is 123 Å². The molecule has 0 spiro atoms. The molecule has 0 aliphatic heterocycles. The Morgan fingerprint density at radius 2 is 1.38 bits per heavy atom. The Hall–Kier alpha value is -2.03. The number of carbonyl (C=O) groups is 1. The molecule has 2 aromatic carbocycles. The molecule has 2 rings (SSSR count). The highest BCUT2D eigenvalue weighted by Crippen LogP contribution is 2.18. The lowest BCUT2D eigenvalue weighted by Crippen LogP contribution is -2.09. The topological polar surface area (TPSA) is 17.1 Å². The highest BCUT2D eigenvalue weighted by atomic mass is 19.1. The summed E-state index contributed by atoms with van der Waals surface area (Å²) in [5.41, 5.74) is 4.69. The van der Waals surface area contributed by atoms with Crippen LogP contribution >= 0.6 is 0 Å². The molecule has 1 nitrogen and oxygen atoms in total. The molecular formula is C18H18F2O. The molecular weight excluding hydrogens is 270 g/mol. The van der Waals surface area contributed by atoms with Gasteiger partial charge in [-0.15, -0.1) is 0 Å². The molecule has 110 valence electrons. The van der Waals surface area contributed by atoms with E-state index in [1.807, 2.05) is 32.9 Å². The largest absolute Gasteiger partial charge is 0.299 e. The molecule has 0 radical (unpaired) electrons. The zero-order valence-electron chi connectivity index (χ0n) is 12.5. The third-order valence-electron chi connectivity index (χ3n) is 3.54. The van der Waals surface area contributed by atoms with Crippen molar-refractivity contribution in [2.45, 2.75) is 33.6 Å². The quantitative estimate of drug-likeness (QED) is 0.822. The second-order valence-corrected chi connectivity index (χ2v) is 5.55. The lowest BCUT2D eigenvalue weighted by molar-refractivity contribution is -0.117. The van der Waals surface area contributed by atoms with E-state index in [1.165, 1.54) is 12.1 Å². The van der Waals surface area contributed by atoms with Crippen molar-refractivity contribution in [2.75, 3.05) is 0 Å². The number of ketones is 1. The van der Waals surface area contributed by atoms with E-state index in [0.29, 0.717) is 5.56 Å². The van der Waals surface area contributed by atoms with Gasteiger partial charge in [0.2, 0.25) is 0 Å². The van der Waals surface area contributed by atoms with Crippen LogP contribution < -0.4 is 0 Å². The van der Waals surface area contributed by atoms with Crippen molar-refractivity contribution in [3.63, 3.8) is 0 Å². The monoisotopic (exact) mass is 288 g/mol. The summed E-state index contributed by atoms with van der Waals surface area (Å²) in [6.45, 7) is 5.97. The molecule has 0 saturated heterocycles. The molecule has 0 fully saturated rings. The zero-order valence-corrected chi connectivity index (χ0v) is 12.5. The average Bonchev–Trinajstić information content (AvgIpc) is 2.32. The highest BCUT2D eigenvalue weighted by molar-refractivity contribution is 5.83. The average molecular weight is 288 g/mol. The molecule has 2 aromatic rings. The Balaban J connectivity index is 2.15. The minimum Gasteiger partial charge on any atom is -0.299 e. The van der Waals surface area contributed by atoms with Crippen LogP contribution in [0.15, 0.2) is 30.3 Å². The first-order valence-corrected chi connectivity index (χ1v) is 6.88. The van der Waals surface area contributed by atoms with Crippen LogP contribution in [0.1, 0.15) is 27.8 Å². The summed E-state index contributed by atoms with van der Waals surface area (Å²) in [6.07, 6.45) is 0.331. The summed E-state index contributed by atoms with van der Waals surface area (Å²) in [4.78, 5) is 12.1. The summed E-state index contributed by atoms with van der Waals surface area (Å²) >= 11 is 0. The third kappa shape index (κ3) is 3.97. The van der Waals surface area contributed by atoms with Gasteiger partial charge in [-0.25, -0.2) is 8.78 Å². The van der Waals surface area contributed by atoms with Gasteiger partial charge < -0.3 is 0 Å². The van der Waals surface area contributed by atoms with Gasteiger partial charge in [0.25, 0.3) is 0 Å². The molecule has 0 aliphatic rings. The lowest BCUT2D eigenvalue weighted by Gasteiger charge is -2.11. The fourth-order valence-corrected chi connectivity index (χ4v) is 2.69. The van der Waals surface area contributed by atoms with Gasteiger partial charge in [-0.1, -0.05) is 17.7 Å².